The van der Waals surface area contributed by atoms with Crippen molar-refractivity contribution in [3.63, 3.8) is 0 Å². The lowest BCUT2D eigenvalue weighted by molar-refractivity contribution is 0.0882. The third-order valence-corrected chi connectivity index (χ3v) is 5.39. The van der Waals surface area contributed by atoms with Gasteiger partial charge in [-0.15, -0.1) is 0 Å². The second-order valence-corrected chi connectivity index (χ2v) is 7.78. The molecule has 5 heteroatoms. The van der Waals surface area contributed by atoms with Crippen LogP contribution in [0.2, 0.25) is 0 Å². The summed E-state index contributed by atoms with van der Waals surface area (Å²) in [6.07, 6.45) is 2.54. The minimum absolute atomic E-state index is 0.0192. The van der Waals surface area contributed by atoms with Crippen molar-refractivity contribution in [3.8, 4) is 0 Å². The van der Waals surface area contributed by atoms with Gasteiger partial charge in [0, 0.05) is 19.5 Å². The Labute approximate surface area is 160 Å². The molecule has 3 rings (SSSR count). The fourth-order valence-electron chi connectivity index (χ4n) is 3.98. The Kier molecular flexibility index (Phi) is 5.68. The van der Waals surface area contributed by atoms with Gasteiger partial charge >= 0.3 is 6.03 Å². The normalized spacial score (nSPS) is 21.1. The van der Waals surface area contributed by atoms with Gasteiger partial charge in [-0.3, -0.25) is 4.79 Å². The molecular formula is C22H28N2O3. The zero-order valence-corrected chi connectivity index (χ0v) is 16.5. The molecule has 2 amide bonds. The molecule has 0 radical (unpaired) electrons. The van der Waals surface area contributed by atoms with Crippen LogP contribution < -0.4 is 0 Å². The summed E-state index contributed by atoms with van der Waals surface area (Å²) in [7, 11) is 1.84. The Balaban J connectivity index is 1.94. The third-order valence-electron chi connectivity index (χ3n) is 5.39. The Morgan fingerprint density at radius 2 is 1.85 bits per heavy atom. The number of Topliss-reactive ketones (excluding diaryl/α,β-unsaturated/α-hetero) is 1. The van der Waals surface area contributed by atoms with Crippen molar-refractivity contribution in [1.29, 1.82) is 0 Å². The average Bonchev–Trinajstić information content (AvgIpc) is 3.25. The number of rotatable bonds is 7. The summed E-state index contributed by atoms with van der Waals surface area (Å²) in [6.45, 7) is 6.31. The van der Waals surface area contributed by atoms with E-state index in [4.69, 9.17) is 4.42 Å². The van der Waals surface area contributed by atoms with Gasteiger partial charge in [-0.05, 0) is 37.0 Å². The van der Waals surface area contributed by atoms with E-state index in [0.717, 1.165) is 12.0 Å². The Hall–Kier alpha value is -2.56. The molecule has 0 spiro atoms. The molecule has 1 fully saturated rings. The Bertz CT molecular complexity index is 770. The summed E-state index contributed by atoms with van der Waals surface area (Å²) in [4.78, 5) is 29.5. The Morgan fingerprint density at radius 1 is 1.15 bits per heavy atom. The minimum atomic E-state index is -0.173. The number of carbonyl (C=O) groups excluding carboxylic acids is 2. The van der Waals surface area contributed by atoms with Gasteiger partial charge in [-0.2, -0.15) is 0 Å². The molecule has 1 saturated heterocycles. The minimum Gasteiger partial charge on any atom is -0.461 e. The molecule has 1 aliphatic heterocycles. The smallest absolute Gasteiger partial charge is 0.320 e. The highest BCUT2D eigenvalue weighted by Gasteiger charge is 2.45. The lowest BCUT2D eigenvalue weighted by Gasteiger charge is -2.34. The molecular weight excluding hydrogens is 340 g/mol. The largest absolute Gasteiger partial charge is 0.461 e. The molecule has 27 heavy (non-hydrogen) atoms. The highest BCUT2D eigenvalue weighted by atomic mass is 16.3. The van der Waals surface area contributed by atoms with Crippen molar-refractivity contribution < 1.29 is 14.0 Å². The monoisotopic (exact) mass is 368 g/mol. The lowest BCUT2D eigenvalue weighted by atomic mass is 9.93. The molecule has 0 N–H and O–H groups in total. The van der Waals surface area contributed by atoms with Crippen molar-refractivity contribution >= 4 is 11.8 Å². The van der Waals surface area contributed by atoms with Crippen molar-refractivity contribution in [1.82, 2.24) is 9.80 Å². The van der Waals surface area contributed by atoms with Crippen LogP contribution in [0.3, 0.4) is 0 Å². The summed E-state index contributed by atoms with van der Waals surface area (Å²) in [5, 5.41) is 0. The van der Waals surface area contributed by atoms with Gasteiger partial charge in [0.25, 0.3) is 0 Å². The summed E-state index contributed by atoms with van der Waals surface area (Å²) in [5.41, 5.74) is 1.10. The van der Waals surface area contributed by atoms with Gasteiger partial charge in [-0.25, -0.2) is 4.79 Å². The van der Waals surface area contributed by atoms with E-state index in [9.17, 15) is 9.59 Å². The fraction of sp³-hybridized carbons (Fsp3) is 0.455. The molecule has 0 saturated carbocycles. The standard InChI is InChI=1S/C22H28N2O3/c1-15(2)13-18(14-19(25)20-11-8-12-27-20)24-21(16(3)23(4)22(24)26)17-9-6-5-7-10-17/h5-12,15-16,18,21H,13-14H2,1-4H3/t16-,18+,21-/m0/s1. The van der Waals surface area contributed by atoms with E-state index in [2.05, 4.69) is 32.9 Å². The predicted molar refractivity (Wildman–Crippen MR) is 105 cm³/mol. The topological polar surface area (TPSA) is 53.8 Å². The molecule has 0 aliphatic carbocycles. The highest BCUT2D eigenvalue weighted by molar-refractivity contribution is 5.94. The van der Waals surface area contributed by atoms with Crippen LogP contribution in [0.5, 0.6) is 0 Å². The van der Waals surface area contributed by atoms with E-state index in [1.807, 2.05) is 30.1 Å². The predicted octanol–water partition coefficient (Wildman–Crippen LogP) is 4.76. The van der Waals surface area contributed by atoms with Gasteiger partial charge in [0.05, 0.1) is 18.3 Å². The zero-order valence-electron chi connectivity index (χ0n) is 16.5. The highest BCUT2D eigenvalue weighted by Crippen LogP contribution is 2.38. The lowest BCUT2D eigenvalue weighted by Crippen LogP contribution is -2.41. The van der Waals surface area contributed by atoms with Crippen LogP contribution >= 0.6 is 0 Å². The molecule has 1 aliphatic rings. The number of furan rings is 1. The summed E-state index contributed by atoms with van der Waals surface area (Å²) in [6, 6.07) is 13.3. The van der Waals surface area contributed by atoms with Gasteiger partial charge in [-0.1, -0.05) is 44.2 Å². The van der Waals surface area contributed by atoms with Gasteiger partial charge < -0.3 is 14.2 Å². The first kappa shape index (κ1) is 19.2. The average molecular weight is 368 g/mol. The number of hydrogen-bond donors (Lipinski definition) is 0. The van der Waals surface area contributed by atoms with Crippen molar-refractivity contribution in [2.24, 2.45) is 5.92 Å². The first-order chi connectivity index (χ1) is 12.9. The summed E-state index contributed by atoms with van der Waals surface area (Å²) in [5.74, 6) is 0.658. The number of nitrogens with zero attached hydrogens (tertiary/aromatic N) is 2. The quantitative estimate of drug-likeness (QED) is 0.662. The molecule has 5 nitrogen and oxygen atoms in total. The number of carbonyl (C=O) groups is 2. The molecule has 2 heterocycles. The van der Waals surface area contributed by atoms with E-state index < -0.39 is 0 Å². The van der Waals surface area contributed by atoms with Crippen LogP contribution in [0, 0.1) is 5.92 Å². The maximum atomic E-state index is 13.1. The maximum Gasteiger partial charge on any atom is 0.320 e. The van der Waals surface area contributed by atoms with Crippen LogP contribution in [-0.4, -0.2) is 40.7 Å². The van der Waals surface area contributed by atoms with Crippen molar-refractivity contribution in [3.05, 3.63) is 60.1 Å². The van der Waals surface area contributed by atoms with Crippen LogP contribution in [0.1, 0.15) is 55.8 Å². The van der Waals surface area contributed by atoms with E-state index in [1.54, 1.807) is 17.0 Å². The molecule has 2 aromatic rings. The van der Waals surface area contributed by atoms with Gasteiger partial charge in [0.2, 0.25) is 0 Å². The number of urea groups is 1. The maximum absolute atomic E-state index is 13.1. The molecule has 1 aromatic heterocycles. The molecule has 0 unspecified atom stereocenters. The van der Waals surface area contributed by atoms with Crippen LogP contribution in [0.15, 0.2) is 53.1 Å². The van der Waals surface area contributed by atoms with E-state index in [-0.39, 0.29) is 36.4 Å². The zero-order chi connectivity index (χ0) is 19.6. The van der Waals surface area contributed by atoms with Crippen LogP contribution in [-0.2, 0) is 0 Å². The number of hydrogen-bond acceptors (Lipinski definition) is 3. The molecule has 0 bridgehead atoms. The van der Waals surface area contributed by atoms with Crippen LogP contribution in [0.4, 0.5) is 4.79 Å². The molecule has 144 valence electrons. The summed E-state index contributed by atoms with van der Waals surface area (Å²) < 4.78 is 5.28. The number of benzene rings is 1. The van der Waals surface area contributed by atoms with E-state index in [0.29, 0.717) is 11.7 Å². The molecule has 3 atom stereocenters. The number of amides is 2. The second-order valence-electron chi connectivity index (χ2n) is 7.78. The first-order valence-corrected chi connectivity index (χ1v) is 9.57. The Morgan fingerprint density at radius 3 is 2.44 bits per heavy atom. The van der Waals surface area contributed by atoms with Crippen molar-refractivity contribution in [2.45, 2.75) is 51.7 Å². The van der Waals surface area contributed by atoms with E-state index >= 15 is 0 Å². The SMILES string of the molecule is CC(C)C[C@H](CC(=O)c1ccco1)N1C(=O)N(C)[C@@H](C)[C@H]1c1ccccc1. The van der Waals surface area contributed by atoms with Crippen molar-refractivity contribution in [2.75, 3.05) is 7.05 Å². The van der Waals surface area contributed by atoms with Gasteiger partial charge in [0.15, 0.2) is 11.5 Å². The summed E-state index contributed by atoms with van der Waals surface area (Å²) >= 11 is 0. The second kappa shape index (κ2) is 7.99. The van der Waals surface area contributed by atoms with Crippen LogP contribution in [0.25, 0.3) is 0 Å². The first-order valence-electron chi connectivity index (χ1n) is 9.57. The third kappa shape index (κ3) is 3.92. The van der Waals surface area contributed by atoms with Gasteiger partial charge in [0.1, 0.15) is 0 Å². The number of likely N-dealkylation sites (N-methyl/N-ethyl adjacent to an activating group) is 1. The molecule has 1 aromatic carbocycles. The fourth-order valence-corrected chi connectivity index (χ4v) is 3.98. The van der Waals surface area contributed by atoms with E-state index in [1.165, 1.54) is 6.26 Å². The number of ketones is 1.